The van der Waals surface area contributed by atoms with Crippen LogP contribution in [0.15, 0.2) is 53.4 Å². The van der Waals surface area contributed by atoms with Gasteiger partial charge in [0.05, 0.1) is 4.90 Å². The molecule has 0 aromatic heterocycles. The molecule has 6 nitrogen and oxygen atoms in total. The molecule has 3 atom stereocenters. The number of amides is 1. The highest BCUT2D eigenvalue weighted by Gasteiger charge is 2.26. The maximum Gasteiger partial charge on any atom is 0.282 e. The van der Waals surface area contributed by atoms with Crippen LogP contribution in [0, 0.1) is 5.92 Å². The van der Waals surface area contributed by atoms with E-state index in [1.807, 2.05) is 6.92 Å². The highest BCUT2D eigenvalue weighted by Crippen LogP contribution is 2.23. The van der Waals surface area contributed by atoms with E-state index in [-0.39, 0.29) is 22.9 Å². The van der Waals surface area contributed by atoms with Crippen LogP contribution in [-0.4, -0.2) is 20.4 Å². The lowest BCUT2D eigenvalue weighted by atomic mass is 9.91. The summed E-state index contributed by atoms with van der Waals surface area (Å²) in [6, 6.07) is 14.4. The van der Waals surface area contributed by atoms with Crippen LogP contribution in [0.25, 0.3) is 0 Å². The topological polar surface area (TPSA) is 106 Å². The number of benzene rings is 2. The number of hydrogen-bond acceptors (Lipinski definition) is 3. The molecule has 2 aromatic carbocycles. The maximum absolute atomic E-state index is 12.7. The molecule has 2 rings (SSSR count). The van der Waals surface area contributed by atoms with Crippen molar-refractivity contribution in [3.05, 3.63) is 59.7 Å². The molecule has 0 spiro atoms. The lowest BCUT2D eigenvalue weighted by Crippen LogP contribution is -2.93. The van der Waals surface area contributed by atoms with Crippen molar-refractivity contribution in [3.8, 4) is 0 Å². The van der Waals surface area contributed by atoms with Crippen LogP contribution < -0.4 is 15.8 Å². The van der Waals surface area contributed by atoms with E-state index in [1.165, 1.54) is 35.4 Å². The third-order valence-electron chi connectivity index (χ3n) is 5.58. The standard InChI is InChI=1S/C23H33N3O3S/c1-6-16(4)18-7-9-19(10-8-18)22(15(2)3)25-17(5)23(27)26-20-11-13-21(14-12-20)30(24,28)29/h7-17,22,25H,6H2,1-5H3,(H,26,27)(H2,24,28,29)/p+1/t16-,17-,22+/m0/s1. The van der Waals surface area contributed by atoms with Crippen molar-refractivity contribution in [2.24, 2.45) is 11.1 Å². The summed E-state index contributed by atoms with van der Waals surface area (Å²) >= 11 is 0. The Balaban J connectivity index is 2.07. The number of carbonyl (C=O) groups excluding carboxylic acids is 1. The highest BCUT2D eigenvalue weighted by molar-refractivity contribution is 7.89. The smallest absolute Gasteiger partial charge is 0.282 e. The molecule has 0 aliphatic rings. The molecule has 7 heteroatoms. The number of carbonyl (C=O) groups is 1. The van der Waals surface area contributed by atoms with Gasteiger partial charge in [0.25, 0.3) is 5.91 Å². The van der Waals surface area contributed by atoms with Crippen LogP contribution in [0.1, 0.15) is 64.1 Å². The fraction of sp³-hybridized carbons (Fsp3) is 0.435. The van der Waals surface area contributed by atoms with Crippen molar-refractivity contribution in [1.82, 2.24) is 0 Å². The number of sulfonamides is 1. The summed E-state index contributed by atoms with van der Waals surface area (Å²) in [5, 5.41) is 10.0. The van der Waals surface area contributed by atoms with E-state index < -0.39 is 10.0 Å². The highest BCUT2D eigenvalue weighted by atomic mass is 32.2. The first-order valence-electron chi connectivity index (χ1n) is 10.4. The third kappa shape index (κ3) is 6.39. The molecule has 0 aliphatic heterocycles. The summed E-state index contributed by atoms with van der Waals surface area (Å²) in [6.07, 6.45) is 1.11. The average Bonchev–Trinajstić information content (AvgIpc) is 2.70. The predicted octanol–water partition coefficient (Wildman–Crippen LogP) is 3.14. The first kappa shape index (κ1) is 24.1. The predicted molar refractivity (Wildman–Crippen MR) is 121 cm³/mol. The van der Waals surface area contributed by atoms with Crippen LogP contribution >= 0.6 is 0 Å². The van der Waals surface area contributed by atoms with Crippen molar-refractivity contribution < 1.29 is 18.5 Å². The summed E-state index contributed by atoms with van der Waals surface area (Å²) in [5.41, 5.74) is 3.07. The first-order chi connectivity index (χ1) is 14.0. The van der Waals surface area contributed by atoms with E-state index in [1.54, 1.807) is 0 Å². The molecule has 0 heterocycles. The van der Waals surface area contributed by atoms with Crippen molar-refractivity contribution in [3.63, 3.8) is 0 Å². The van der Waals surface area contributed by atoms with Gasteiger partial charge in [-0.2, -0.15) is 0 Å². The molecule has 0 aliphatic carbocycles. The van der Waals surface area contributed by atoms with Gasteiger partial charge >= 0.3 is 0 Å². The number of anilines is 1. The summed E-state index contributed by atoms with van der Waals surface area (Å²) in [7, 11) is -3.75. The summed E-state index contributed by atoms with van der Waals surface area (Å²) in [4.78, 5) is 12.7. The molecular formula is C23H34N3O3S+. The fourth-order valence-corrected chi connectivity index (χ4v) is 3.90. The minimum absolute atomic E-state index is 0.0146. The lowest BCUT2D eigenvalue weighted by Gasteiger charge is -2.23. The van der Waals surface area contributed by atoms with Gasteiger partial charge in [-0.15, -0.1) is 0 Å². The Morgan fingerprint density at radius 3 is 1.97 bits per heavy atom. The molecule has 0 unspecified atom stereocenters. The lowest BCUT2D eigenvalue weighted by molar-refractivity contribution is -0.718. The molecule has 164 valence electrons. The van der Waals surface area contributed by atoms with Crippen LogP contribution in [0.3, 0.4) is 0 Å². The molecule has 0 radical (unpaired) electrons. The Kier molecular flexibility index (Phi) is 8.18. The van der Waals surface area contributed by atoms with Gasteiger partial charge in [-0.1, -0.05) is 52.0 Å². The number of nitrogens with two attached hydrogens (primary N) is 2. The van der Waals surface area contributed by atoms with Crippen LogP contribution in [-0.2, 0) is 14.8 Å². The zero-order chi connectivity index (χ0) is 22.5. The van der Waals surface area contributed by atoms with Gasteiger partial charge in [0.1, 0.15) is 6.04 Å². The molecule has 1 amide bonds. The van der Waals surface area contributed by atoms with Gasteiger partial charge in [-0.3, -0.25) is 4.79 Å². The van der Waals surface area contributed by atoms with Gasteiger partial charge in [0, 0.05) is 17.2 Å². The zero-order valence-electron chi connectivity index (χ0n) is 18.4. The minimum atomic E-state index is -3.75. The molecule has 0 saturated heterocycles. The second-order valence-corrected chi connectivity index (χ2v) is 9.85. The Bertz CT molecular complexity index is 939. The molecule has 0 saturated carbocycles. The number of primary sulfonamides is 1. The summed E-state index contributed by atoms with van der Waals surface area (Å²) in [5.74, 6) is 0.745. The fourth-order valence-electron chi connectivity index (χ4n) is 3.38. The Labute approximate surface area is 180 Å². The third-order valence-corrected chi connectivity index (χ3v) is 6.51. The Morgan fingerprint density at radius 1 is 0.967 bits per heavy atom. The van der Waals surface area contributed by atoms with Crippen molar-refractivity contribution >= 4 is 21.6 Å². The van der Waals surface area contributed by atoms with Gasteiger partial charge in [0.2, 0.25) is 10.0 Å². The minimum Gasteiger partial charge on any atom is -0.330 e. The Hall–Kier alpha value is -2.22. The van der Waals surface area contributed by atoms with Crippen molar-refractivity contribution in [2.75, 3.05) is 5.32 Å². The van der Waals surface area contributed by atoms with Gasteiger partial charge in [-0.25, -0.2) is 13.6 Å². The second-order valence-electron chi connectivity index (χ2n) is 8.29. The van der Waals surface area contributed by atoms with Gasteiger partial charge in [-0.05, 0) is 49.1 Å². The van der Waals surface area contributed by atoms with Crippen LogP contribution in [0.5, 0.6) is 0 Å². The molecule has 0 fully saturated rings. The molecule has 30 heavy (non-hydrogen) atoms. The SMILES string of the molecule is CC[C@H](C)c1ccc([C@H]([NH2+][C@@H](C)C(=O)Nc2ccc(S(N)(=O)=O)cc2)C(C)C)cc1. The van der Waals surface area contributed by atoms with Gasteiger partial charge < -0.3 is 10.6 Å². The number of nitrogens with one attached hydrogen (secondary N) is 1. The van der Waals surface area contributed by atoms with Crippen molar-refractivity contribution in [1.29, 1.82) is 0 Å². The number of quaternary nitrogens is 1. The normalized spacial score (nSPS) is 14.9. The zero-order valence-corrected chi connectivity index (χ0v) is 19.2. The van der Waals surface area contributed by atoms with E-state index in [0.29, 0.717) is 17.5 Å². The van der Waals surface area contributed by atoms with E-state index >= 15 is 0 Å². The number of hydrogen-bond donors (Lipinski definition) is 3. The summed E-state index contributed by atoms with van der Waals surface area (Å²) < 4.78 is 22.7. The largest absolute Gasteiger partial charge is 0.330 e. The molecule has 2 aromatic rings. The van der Waals surface area contributed by atoms with Crippen LogP contribution in [0.2, 0.25) is 0 Å². The maximum atomic E-state index is 12.7. The van der Waals surface area contributed by atoms with E-state index in [2.05, 4.69) is 62.6 Å². The quantitative estimate of drug-likeness (QED) is 0.567. The van der Waals surface area contributed by atoms with Crippen molar-refractivity contribution in [2.45, 2.75) is 63.9 Å². The average molecular weight is 433 g/mol. The van der Waals surface area contributed by atoms with Gasteiger partial charge in [0.15, 0.2) is 6.04 Å². The first-order valence-corrected chi connectivity index (χ1v) is 12.0. The monoisotopic (exact) mass is 432 g/mol. The summed E-state index contributed by atoms with van der Waals surface area (Å²) in [6.45, 7) is 10.6. The Morgan fingerprint density at radius 2 is 1.50 bits per heavy atom. The molecule has 0 bridgehead atoms. The molecular weight excluding hydrogens is 398 g/mol. The van der Waals surface area contributed by atoms with Crippen LogP contribution in [0.4, 0.5) is 5.69 Å². The number of rotatable bonds is 9. The van der Waals surface area contributed by atoms with E-state index in [9.17, 15) is 13.2 Å². The van der Waals surface area contributed by atoms with E-state index in [4.69, 9.17) is 5.14 Å². The molecule has 5 N–H and O–H groups in total. The second kappa shape index (κ2) is 10.2. The van der Waals surface area contributed by atoms with E-state index in [0.717, 1.165) is 6.42 Å².